The lowest BCUT2D eigenvalue weighted by molar-refractivity contribution is 0.277. The topological polar surface area (TPSA) is 9.23 Å². The van der Waals surface area contributed by atoms with Crippen LogP contribution in [0.2, 0.25) is 0 Å². The van der Waals surface area contributed by atoms with Crippen LogP contribution in [-0.2, 0) is 10.2 Å². The van der Waals surface area contributed by atoms with Crippen LogP contribution in [0.1, 0.15) is 73.9 Å². The van der Waals surface area contributed by atoms with Gasteiger partial charge in [0.2, 0.25) is 0 Å². The summed E-state index contributed by atoms with van der Waals surface area (Å²) in [5.74, 6) is 0.558. The highest BCUT2D eigenvalue weighted by atomic mass is 16.4. The van der Waals surface area contributed by atoms with Crippen LogP contribution in [0.5, 0.6) is 0 Å². The Balaban J connectivity index is 0.00000105. The van der Waals surface area contributed by atoms with Crippen LogP contribution in [0, 0.1) is 27.7 Å². The van der Waals surface area contributed by atoms with Crippen LogP contribution in [0.25, 0.3) is 11.1 Å². The van der Waals surface area contributed by atoms with Crippen molar-refractivity contribution in [3.63, 3.8) is 0 Å². The van der Waals surface area contributed by atoms with Crippen LogP contribution < -0.4 is 0 Å². The Morgan fingerprint density at radius 1 is 0.692 bits per heavy atom. The highest BCUT2D eigenvalue weighted by molar-refractivity contribution is 5.73. The molecule has 0 radical (unpaired) electrons. The predicted molar refractivity (Wildman–Crippen MR) is 117 cm³/mol. The number of aryl methyl sites for hydroxylation is 4. The van der Waals surface area contributed by atoms with Crippen molar-refractivity contribution in [3.8, 4) is 11.1 Å². The molecule has 0 aliphatic carbocycles. The van der Waals surface area contributed by atoms with Crippen molar-refractivity contribution in [3.05, 3.63) is 57.6 Å². The Kier molecular flexibility index (Phi) is 7.65. The highest BCUT2D eigenvalue weighted by Crippen LogP contribution is 2.36. The van der Waals surface area contributed by atoms with Gasteiger partial charge in [0.15, 0.2) is 0 Å². The molecule has 0 spiro atoms. The molecule has 0 aliphatic rings. The van der Waals surface area contributed by atoms with E-state index in [9.17, 15) is 0 Å². The molecule has 144 valence electrons. The predicted octanol–water partition coefficient (Wildman–Crippen LogP) is 7.27. The molecule has 0 saturated carbocycles. The summed E-state index contributed by atoms with van der Waals surface area (Å²) < 4.78 is 4.25. The first-order chi connectivity index (χ1) is 11.9. The monoisotopic (exact) mass is 354 g/mol. The Bertz CT molecular complexity index is 746. The quantitative estimate of drug-likeness (QED) is 0.551. The maximum Gasteiger partial charge on any atom is 0.0351 e. The molecule has 1 heteroatoms. The van der Waals surface area contributed by atoms with E-state index in [1.54, 1.807) is 14.2 Å². The standard InChI is InChI=1S/C23H32.C2H6O/c1-14(2)19-12-20(16(4)10-15(19)3)21-13-22(23(7,8)9)18(6)11-17(21)5;1-3-2/h10-14H,1-9H3;1-2H3. The largest absolute Gasteiger partial charge is 0.388 e. The third kappa shape index (κ3) is 5.20. The first-order valence-corrected chi connectivity index (χ1v) is 9.57. The van der Waals surface area contributed by atoms with E-state index < -0.39 is 0 Å². The summed E-state index contributed by atoms with van der Waals surface area (Å²) >= 11 is 0. The van der Waals surface area contributed by atoms with Gasteiger partial charge >= 0.3 is 0 Å². The molecule has 0 atom stereocenters. The molecule has 0 unspecified atom stereocenters. The van der Waals surface area contributed by atoms with Gasteiger partial charge in [-0.2, -0.15) is 0 Å². The second kappa shape index (κ2) is 8.86. The minimum atomic E-state index is 0.173. The Morgan fingerprint density at radius 2 is 1.12 bits per heavy atom. The van der Waals surface area contributed by atoms with Crippen LogP contribution in [-0.4, -0.2) is 14.2 Å². The van der Waals surface area contributed by atoms with E-state index in [0.717, 1.165) is 0 Å². The van der Waals surface area contributed by atoms with Gasteiger partial charge in [0.25, 0.3) is 0 Å². The molecule has 2 aromatic rings. The summed E-state index contributed by atoms with van der Waals surface area (Å²) in [7, 11) is 3.25. The molecule has 0 aromatic heterocycles. The minimum Gasteiger partial charge on any atom is -0.388 e. The van der Waals surface area contributed by atoms with Crippen molar-refractivity contribution < 1.29 is 4.74 Å². The molecule has 0 saturated heterocycles. The zero-order chi connectivity index (χ0) is 20.2. The molecule has 0 bridgehead atoms. The second-order valence-corrected chi connectivity index (χ2v) is 8.82. The molecule has 0 aliphatic heterocycles. The van der Waals surface area contributed by atoms with Crippen LogP contribution in [0.15, 0.2) is 24.3 Å². The van der Waals surface area contributed by atoms with E-state index in [1.165, 1.54) is 44.5 Å². The van der Waals surface area contributed by atoms with Crippen molar-refractivity contribution in [2.24, 2.45) is 0 Å². The minimum absolute atomic E-state index is 0.173. The van der Waals surface area contributed by atoms with Crippen molar-refractivity contribution in [2.75, 3.05) is 14.2 Å². The fraction of sp³-hybridized carbons (Fsp3) is 0.520. The van der Waals surface area contributed by atoms with Gasteiger partial charge in [-0.25, -0.2) is 0 Å². The van der Waals surface area contributed by atoms with E-state index in [4.69, 9.17) is 0 Å². The fourth-order valence-corrected chi connectivity index (χ4v) is 3.73. The molecule has 0 N–H and O–H groups in total. The summed E-state index contributed by atoms with van der Waals surface area (Å²) in [6.45, 7) is 20.4. The van der Waals surface area contributed by atoms with E-state index in [-0.39, 0.29) is 5.41 Å². The van der Waals surface area contributed by atoms with Gasteiger partial charge in [-0.3, -0.25) is 0 Å². The Hall–Kier alpha value is -1.60. The highest BCUT2D eigenvalue weighted by Gasteiger charge is 2.19. The van der Waals surface area contributed by atoms with E-state index in [1.807, 2.05) is 0 Å². The fourth-order valence-electron chi connectivity index (χ4n) is 3.73. The van der Waals surface area contributed by atoms with Crippen LogP contribution >= 0.6 is 0 Å². The number of hydrogen-bond donors (Lipinski definition) is 0. The van der Waals surface area contributed by atoms with Gasteiger partial charge in [0.1, 0.15) is 0 Å². The normalized spacial score (nSPS) is 11.4. The van der Waals surface area contributed by atoms with Gasteiger partial charge in [0, 0.05) is 14.2 Å². The van der Waals surface area contributed by atoms with Crippen molar-refractivity contribution >= 4 is 0 Å². The summed E-state index contributed by atoms with van der Waals surface area (Å²) in [6.07, 6.45) is 0. The lowest BCUT2D eigenvalue weighted by atomic mass is 9.80. The zero-order valence-electron chi connectivity index (χ0n) is 18.8. The third-order valence-corrected chi connectivity index (χ3v) is 4.90. The second-order valence-electron chi connectivity index (χ2n) is 8.82. The smallest absolute Gasteiger partial charge is 0.0351 e. The first-order valence-electron chi connectivity index (χ1n) is 9.57. The van der Waals surface area contributed by atoms with Gasteiger partial charge in [-0.15, -0.1) is 0 Å². The van der Waals surface area contributed by atoms with E-state index in [0.29, 0.717) is 5.92 Å². The molecular weight excluding hydrogens is 316 g/mol. The SMILES string of the molecule is COC.Cc1cc(C)c(C(C)C)cc1-c1cc(C(C)(C)C)c(C)cc1C. The lowest BCUT2D eigenvalue weighted by Crippen LogP contribution is -2.13. The summed E-state index contributed by atoms with van der Waals surface area (Å²) in [5, 5.41) is 0. The summed E-state index contributed by atoms with van der Waals surface area (Å²) in [5.41, 5.74) is 11.4. The molecular formula is C25H38O. The molecule has 0 heterocycles. The number of ether oxygens (including phenoxy) is 1. The van der Waals surface area contributed by atoms with Gasteiger partial charge in [-0.05, 0) is 83.5 Å². The van der Waals surface area contributed by atoms with E-state index >= 15 is 0 Å². The average Bonchev–Trinajstić information content (AvgIpc) is 2.47. The van der Waals surface area contributed by atoms with Gasteiger partial charge < -0.3 is 4.74 Å². The maximum atomic E-state index is 4.25. The number of benzene rings is 2. The molecule has 0 fully saturated rings. The number of methoxy groups -OCH3 is 1. The Morgan fingerprint density at radius 3 is 1.54 bits per heavy atom. The van der Waals surface area contributed by atoms with Gasteiger partial charge in [-0.1, -0.05) is 58.9 Å². The molecule has 2 aromatic carbocycles. The average molecular weight is 355 g/mol. The van der Waals surface area contributed by atoms with Crippen LogP contribution in [0.4, 0.5) is 0 Å². The zero-order valence-corrected chi connectivity index (χ0v) is 18.8. The number of rotatable bonds is 2. The maximum absolute atomic E-state index is 4.25. The van der Waals surface area contributed by atoms with Crippen LogP contribution in [0.3, 0.4) is 0 Å². The Labute approximate surface area is 161 Å². The molecule has 2 rings (SSSR count). The van der Waals surface area contributed by atoms with Crippen molar-refractivity contribution in [1.82, 2.24) is 0 Å². The number of hydrogen-bond acceptors (Lipinski definition) is 1. The molecule has 0 amide bonds. The molecule has 1 nitrogen and oxygen atoms in total. The summed E-state index contributed by atoms with van der Waals surface area (Å²) in [4.78, 5) is 0. The first kappa shape index (κ1) is 22.4. The van der Waals surface area contributed by atoms with Crippen molar-refractivity contribution in [2.45, 2.75) is 73.6 Å². The van der Waals surface area contributed by atoms with Crippen molar-refractivity contribution in [1.29, 1.82) is 0 Å². The summed E-state index contributed by atoms with van der Waals surface area (Å²) in [6, 6.07) is 9.54. The van der Waals surface area contributed by atoms with Gasteiger partial charge in [0.05, 0.1) is 0 Å². The third-order valence-electron chi connectivity index (χ3n) is 4.90. The van der Waals surface area contributed by atoms with E-state index in [2.05, 4.69) is 91.3 Å². The lowest BCUT2D eigenvalue weighted by Gasteiger charge is -2.25. The molecule has 26 heavy (non-hydrogen) atoms.